The summed E-state index contributed by atoms with van der Waals surface area (Å²) in [5.74, 6) is -3.47. The van der Waals surface area contributed by atoms with E-state index >= 15 is 0 Å². The smallest absolute Gasteiger partial charge is 0.408 e. The van der Waals surface area contributed by atoms with Crippen molar-refractivity contribution >= 4 is 29.8 Å². The van der Waals surface area contributed by atoms with Gasteiger partial charge in [-0.05, 0) is 39.2 Å². The minimum atomic E-state index is -1.21. The molecule has 0 saturated heterocycles. The number of carboxylic acids is 1. The van der Waals surface area contributed by atoms with Crippen LogP contribution in [-0.2, 0) is 30.3 Å². The lowest BCUT2D eigenvalue weighted by Gasteiger charge is -2.26. The second-order valence-electron chi connectivity index (χ2n) is 9.46. The topological polar surface area (TPSA) is 163 Å². The van der Waals surface area contributed by atoms with Crippen molar-refractivity contribution in [1.29, 1.82) is 0 Å². The summed E-state index contributed by atoms with van der Waals surface area (Å²) >= 11 is 0. The molecule has 1 aromatic rings. The van der Waals surface area contributed by atoms with E-state index in [4.69, 9.17) is 9.84 Å². The Balaban J connectivity index is 2.99. The maximum Gasteiger partial charge on any atom is 0.408 e. The predicted octanol–water partition coefficient (Wildman–Crippen LogP) is 0.969. The number of benzene rings is 1. The van der Waals surface area contributed by atoms with Gasteiger partial charge in [0.2, 0.25) is 17.7 Å². The molecular weight excluding hydrogens is 456 g/mol. The molecule has 11 nitrogen and oxygen atoms in total. The van der Waals surface area contributed by atoms with Gasteiger partial charge in [-0.3, -0.25) is 19.2 Å². The Morgan fingerprint density at radius 3 is 2.00 bits per heavy atom. The summed E-state index contributed by atoms with van der Waals surface area (Å²) in [6.45, 7) is 9.33. The zero-order valence-corrected chi connectivity index (χ0v) is 21.0. The lowest BCUT2D eigenvalue weighted by atomic mass is 10.0. The van der Waals surface area contributed by atoms with E-state index < -0.39 is 60.1 Å². The molecule has 0 spiro atoms. The molecule has 35 heavy (non-hydrogen) atoms. The van der Waals surface area contributed by atoms with Crippen molar-refractivity contribution in [3.05, 3.63) is 35.9 Å². The van der Waals surface area contributed by atoms with Gasteiger partial charge in [0.15, 0.2) is 0 Å². The maximum absolute atomic E-state index is 13.1. The van der Waals surface area contributed by atoms with Gasteiger partial charge in [0.1, 0.15) is 30.3 Å². The second-order valence-corrected chi connectivity index (χ2v) is 9.46. The lowest BCUT2D eigenvalue weighted by Crippen LogP contribution is -2.58. The van der Waals surface area contributed by atoms with Gasteiger partial charge >= 0.3 is 12.1 Å². The van der Waals surface area contributed by atoms with Crippen LogP contribution < -0.4 is 21.3 Å². The molecule has 0 fully saturated rings. The SMILES string of the molecule is CC(C)[C@H](NC(=O)[C@H](Cc1ccccc1)NC(=O)[C@H](C)NC(=O)OC(C)(C)C)C(=O)NCC(=O)O. The summed E-state index contributed by atoms with van der Waals surface area (Å²) in [4.78, 5) is 61.1. The van der Waals surface area contributed by atoms with Crippen LogP contribution in [-0.4, -0.2) is 65.2 Å². The van der Waals surface area contributed by atoms with Crippen LogP contribution in [0.15, 0.2) is 30.3 Å². The van der Waals surface area contributed by atoms with Crippen molar-refractivity contribution in [3.8, 4) is 0 Å². The summed E-state index contributed by atoms with van der Waals surface area (Å²) in [5.41, 5.74) is 0.0143. The largest absolute Gasteiger partial charge is 0.480 e. The van der Waals surface area contributed by atoms with Crippen LogP contribution in [0, 0.1) is 5.92 Å². The first-order chi connectivity index (χ1) is 16.2. The monoisotopic (exact) mass is 492 g/mol. The van der Waals surface area contributed by atoms with Gasteiger partial charge in [-0.2, -0.15) is 0 Å². The number of rotatable bonds is 11. The summed E-state index contributed by atoms with van der Waals surface area (Å²) in [6, 6.07) is 5.87. The van der Waals surface area contributed by atoms with Crippen molar-refractivity contribution in [2.45, 2.75) is 71.7 Å². The fraction of sp³-hybridized carbons (Fsp3) is 0.542. The molecule has 4 amide bonds. The minimum absolute atomic E-state index is 0.124. The molecule has 0 unspecified atom stereocenters. The van der Waals surface area contributed by atoms with Crippen LogP contribution in [0.1, 0.15) is 47.1 Å². The molecule has 0 aromatic heterocycles. The summed E-state index contributed by atoms with van der Waals surface area (Å²) in [6.07, 6.45) is -0.654. The highest BCUT2D eigenvalue weighted by molar-refractivity contribution is 5.94. The molecule has 3 atom stereocenters. The maximum atomic E-state index is 13.1. The Bertz CT molecular complexity index is 897. The highest BCUT2D eigenvalue weighted by Gasteiger charge is 2.30. The van der Waals surface area contributed by atoms with Crippen LogP contribution in [0.4, 0.5) is 4.79 Å². The van der Waals surface area contributed by atoms with Crippen molar-refractivity contribution in [2.24, 2.45) is 5.92 Å². The van der Waals surface area contributed by atoms with Crippen molar-refractivity contribution < 1.29 is 33.8 Å². The van der Waals surface area contributed by atoms with E-state index in [-0.39, 0.29) is 12.3 Å². The molecule has 194 valence electrons. The lowest BCUT2D eigenvalue weighted by molar-refractivity contribution is -0.139. The molecule has 0 aliphatic heterocycles. The standard InChI is InChI=1S/C24H36N4O7/c1-14(2)19(22(33)25-13-18(29)30)28-21(32)17(12-16-10-8-7-9-11-16)27-20(31)15(3)26-23(34)35-24(4,5)6/h7-11,14-15,17,19H,12-13H2,1-6H3,(H,25,33)(H,26,34)(H,27,31)(H,28,32)(H,29,30)/t15-,17-,19-/m0/s1. The molecule has 0 bridgehead atoms. The average Bonchev–Trinajstić information content (AvgIpc) is 2.74. The Morgan fingerprint density at radius 2 is 1.49 bits per heavy atom. The van der Waals surface area contributed by atoms with E-state index in [1.54, 1.807) is 58.9 Å². The Hall–Kier alpha value is -3.63. The van der Waals surface area contributed by atoms with Gasteiger partial charge in [0.05, 0.1) is 0 Å². The van der Waals surface area contributed by atoms with Crippen molar-refractivity contribution in [3.63, 3.8) is 0 Å². The summed E-state index contributed by atoms with van der Waals surface area (Å²) in [5, 5.41) is 18.7. The van der Waals surface area contributed by atoms with E-state index in [0.29, 0.717) is 0 Å². The number of carbonyl (C=O) groups excluding carboxylic acids is 4. The molecule has 0 radical (unpaired) electrons. The quantitative estimate of drug-likeness (QED) is 0.307. The highest BCUT2D eigenvalue weighted by Crippen LogP contribution is 2.09. The number of aliphatic carboxylic acids is 1. The molecule has 0 heterocycles. The number of ether oxygens (including phenoxy) is 1. The van der Waals surface area contributed by atoms with Crippen molar-refractivity contribution in [1.82, 2.24) is 21.3 Å². The van der Waals surface area contributed by atoms with Gasteiger partial charge in [0.25, 0.3) is 0 Å². The number of carbonyl (C=O) groups is 5. The van der Waals surface area contributed by atoms with Gasteiger partial charge < -0.3 is 31.1 Å². The summed E-state index contributed by atoms with van der Waals surface area (Å²) in [7, 11) is 0. The van der Waals surface area contributed by atoms with E-state index in [9.17, 15) is 24.0 Å². The average molecular weight is 493 g/mol. The number of hydrogen-bond donors (Lipinski definition) is 5. The number of hydrogen-bond acceptors (Lipinski definition) is 6. The van der Waals surface area contributed by atoms with Gasteiger partial charge in [0, 0.05) is 6.42 Å². The van der Waals surface area contributed by atoms with E-state index in [2.05, 4.69) is 21.3 Å². The fourth-order valence-corrected chi connectivity index (χ4v) is 2.97. The molecule has 0 saturated carbocycles. The zero-order chi connectivity index (χ0) is 26.8. The molecule has 11 heteroatoms. The first kappa shape index (κ1) is 29.4. The number of carboxylic acid groups (broad SMARTS) is 1. The van der Waals surface area contributed by atoms with E-state index in [1.807, 2.05) is 6.07 Å². The molecule has 0 aliphatic carbocycles. The number of amides is 4. The van der Waals surface area contributed by atoms with Gasteiger partial charge in [-0.25, -0.2) is 4.79 Å². The molecule has 5 N–H and O–H groups in total. The second kappa shape index (κ2) is 13.3. The number of alkyl carbamates (subject to hydrolysis) is 1. The van der Waals surface area contributed by atoms with E-state index in [0.717, 1.165) is 5.56 Å². The van der Waals surface area contributed by atoms with E-state index in [1.165, 1.54) is 6.92 Å². The minimum Gasteiger partial charge on any atom is -0.480 e. The Morgan fingerprint density at radius 1 is 0.886 bits per heavy atom. The first-order valence-corrected chi connectivity index (χ1v) is 11.3. The fourth-order valence-electron chi connectivity index (χ4n) is 2.97. The molecule has 0 aliphatic rings. The van der Waals surface area contributed by atoms with Gasteiger partial charge in [-0.15, -0.1) is 0 Å². The van der Waals surface area contributed by atoms with Gasteiger partial charge in [-0.1, -0.05) is 44.2 Å². The predicted molar refractivity (Wildman–Crippen MR) is 128 cm³/mol. The third-order valence-corrected chi connectivity index (χ3v) is 4.70. The van der Waals surface area contributed by atoms with Crippen LogP contribution in [0.25, 0.3) is 0 Å². The molecule has 1 rings (SSSR count). The highest BCUT2D eigenvalue weighted by atomic mass is 16.6. The summed E-state index contributed by atoms with van der Waals surface area (Å²) < 4.78 is 5.16. The molecular formula is C24H36N4O7. The van der Waals surface area contributed by atoms with Crippen LogP contribution in [0.3, 0.4) is 0 Å². The third kappa shape index (κ3) is 11.4. The molecule has 1 aromatic carbocycles. The Labute approximate surface area is 205 Å². The van der Waals surface area contributed by atoms with Crippen LogP contribution in [0.5, 0.6) is 0 Å². The first-order valence-electron chi connectivity index (χ1n) is 11.3. The van der Waals surface area contributed by atoms with Crippen LogP contribution in [0.2, 0.25) is 0 Å². The Kier molecular flexibility index (Phi) is 11.2. The normalized spacial score (nSPS) is 13.7. The zero-order valence-electron chi connectivity index (χ0n) is 21.0. The van der Waals surface area contributed by atoms with Crippen molar-refractivity contribution in [2.75, 3.05) is 6.54 Å². The third-order valence-electron chi connectivity index (χ3n) is 4.70. The van der Waals surface area contributed by atoms with Crippen LogP contribution >= 0.6 is 0 Å². The number of nitrogens with one attached hydrogen (secondary N) is 4.